The van der Waals surface area contributed by atoms with E-state index in [9.17, 15) is 4.79 Å². The minimum Gasteiger partial charge on any atom is -0.367 e. The number of H-pyrrole nitrogens is 1. The van der Waals surface area contributed by atoms with E-state index in [1.165, 1.54) is 0 Å². The monoisotopic (exact) mass is 342 g/mol. The summed E-state index contributed by atoms with van der Waals surface area (Å²) in [5, 5.41) is 7.16. The van der Waals surface area contributed by atoms with Gasteiger partial charge in [0.15, 0.2) is 11.6 Å². The van der Waals surface area contributed by atoms with Gasteiger partial charge in [-0.15, -0.1) is 0 Å². The quantitative estimate of drug-likeness (QED) is 0.910. The molecule has 25 heavy (non-hydrogen) atoms. The fraction of sp³-hybridized carbons (Fsp3) is 0.588. The highest BCUT2D eigenvalue weighted by molar-refractivity contribution is 5.92. The van der Waals surface area contributed by atoms with E-state index in [-0.39, 0.29) is 17.9 Å². The first kappa shape index (κ1) is 16.1. The number of ether oxygens (including phenoxy) is 1. The summed E-state index contributed by atoms with van der Waals surface area (Å²) in [5.41, 5.74) is 0.456. The number of aromatic nitrogens is 5. The third-order valence-corrected chi connectivity index (χ3v) is 4.53. The van der Waals surface area contributed by atoms with Crippen LogP contribution in [0, 0.1) is 0 Å². The zero-order chi connectivity index (χ0) is 17.4. The van der Waals surface area contributed by atoms with Crippen molar-refractivity contribution < 1.29 is 9.53 Å². The van der Waals surface area contributed by atoms with Crippen LogP contribution >= 0.6 is 0 Å². The van der Waals surface area contributed by atoms with E-state index in [0.29, 0.717) is 37.1 Å². The molecule has 132 valence electrons. The molecule has 0 spiro atoms. The van der Waals surface area contributed by atoms with Crippen molar-refractivity contribution in [3.05, 3.63) is 35.4 Å². The van der Waals surface area contributed by atoms with Crippen molar-refractivity contribution in [3.8, 4) is 0 Å². The van der Waals surface area contributed by atoms with Gasteiger partial charge in [0.25, 0.3) is 5.91 Å². The van der Waals surface area contributed by atoms with E-state index in [0.717, 1.165) is 24.5 Å². The maximum atomic E-state index is 12.8. The maximum Gasteiger partial charge on any atom is 0.272 e. The van der Waals surface area contributed by atoms with Gasteiger partial charge in [0.05, 0.1) is 13.2 Å². The maximum absolute atomic E-state index is 12.8. The van der Waals surface area contributed by atoms with Crippen LogP contribution in [0.25, 0.3) is 0 Å². The average Bonchev–Trinajstić information content (AvgIpc) is 3.37. The standard InChI is InChI=1S/C17H22N6O2/c1-10(2)14-20-16(22-21-14)13-9-23(7-8-25-13)17(24)12-5-6-18-15(19-12)11-3-4-11/h5-6,10-11,13H,3-4,7-9H2,1-2H3,(H,20,21,22)/t13-/m1/s1. The van der Waals surface area contributed by atoms with E-state index in [1.807, 2.05) is 13.8 Å². The van der Waals surface area contributed by atoms with Crippen molar-refractivity contribution in [1.29, 1.82) is 0 Å². The molecule has 8 heteroatoms. The van der Waals surface area contributed by atoms with Crippen molar-refractivity contribution in [2.45, 2.75) is 44.6 Å². The van der Waals surface area contributed by atoms with E-state index >= 15 is 0 Å². The highest BCUT2D eigenvalue weighted by atomic mass is 16.5. The largest absolute Gasteiger partial charge is 0.367 e. The topological polar surface area (TPSA) is 96.9 Å². The highest BCUT2D eigenvalue weighted by Crippen LogP contribution is 2.37. The van der Waals surface area contributed by atoms with E-state index in [1.54, 1.807) is 17.2 Å². The third kappa shape index (κ3) is 3.39. The molecule has 0 unspecified atom stereocenters. The van der Waals surface area contributed by atoms with Gasteiger partial charge in [0.2, 0.25) is 0 Å². The van der Waals surface area contributed by atoms with Crippen LogP contribution in [-0.4, -0.2) is 55.7 Å². The normalized spacial score (nSPS) is 20.9. The Morgan fingerprint density at radius 3 is 2.92 bits per heavy atom. The number of hydrogen-bond donors (Lipinski definition) is 1. The Morgan fingerprint density at radius 2 is 2.20 bits per heavy atom. The Morgan fingerprint density at radius 1 is 1.36 bits per heavy atom. The zero-order valence-corrected chi connectivity index (χ0v) is 14.5. The predicted molar refractivity (Wildman–Crippen MR) is 89.1 cm³/mol. The molecule has 1 amide bonds. The molecule has 4 rings (SSSR count). The lowest BCUT2D eigenvalue weighted by molar-refractivity contribution is -0.0268. The first-order valence-electron chi connectivity index (χ1n) is 8.78. The molecule has 2 fully saturated rings. The Bertz CT molecular complexity index is 770. The summed E-state index contributed by atoms with van der Waals surface area (Å²) < 4.78 is 5.78. The average molecular weight is 342 g/mol. The number of morpholine rings is 1. The summed E-state index contributed by atoms with van der Waals surface area (Å²) >= 11 is 0. The number of rotatable bonds is 4. The number of carbonyl (C=O) groups is 1. The number of nitrogens with one attached hydrogen (secondary N) is 1. The Kier molecular flexibility index (Phi) is 4.20. The van der Waals surface area contributed by atoms with Gasteiger partial charge in [-0.1, -0.05) is 13.8 Å². The van der Waals surface area contributed by atoms with Crippen molar-refractivity contribution in [2.75, 3.05) is 19.7 Å². The smallest absolute Gasteiger partial charge is 0.272 e. The van der Waals surface area contributed by atoms with E-state index < -0.39 is 0 Å². The molecule has 0 aromatic carbocycles. The minimum absolute atomic E-state index is 0.0822. The molecule has 8 nitrogen and oxygen atoms in total. The first-order valence-corrected chi connectivity index (χ1v) is 8.78. The molecule has 1 atom stereocenters. The lowest BCUT2D eigenvalue weighted by atomic mass is 10.2. The number of aromatic amines is 1. The van der Waals surface area contributed by atoms with Gasteiger partial charge in [-0.05, 0) is 18.9 Å². The van der Waals surface area contributed by atoms with Crippen LogP contribution in [0.5, 0.6) is 0 Å². The number of nitrogens with zero attached hydrogens (tertiary/aromatic N) is 5. The first-order chi connectivity index (χ1) is 12.1. The summed E-state index contributed by atoms with van der Waals surface area (Å²) in [4.78, 5) is 27.8. The zero-order valence-electron chi connectivity index (χ0n) is 14.5. The third-order valence-electron chi connectivity index (χ3n) is 4.53. The second kappa shape index (κ2) is 6.51. The Balaban J connectivity index is 1.48. The van der Waals surface area contributed by atoms with Gasteiger partial charge < -0.3 is 9.64 Å². The van der Waals surface area contributed by atoms with Crippen molar-refractivity contribution >= 4 is 5.91 Å². The molecule has 1 N–H and O–H groups in total. The number of carbonyl (C=O) groups excluding carboxylic acids is 1. The highest BCUT2D eigenvalue weighted by Gasteiger charge is 2.31. The van der Waals surface area contributed by atoms with Gasteiger partial charge >= 0.3 is 0 Å². The predicted octanol–water partition coefficient (Wildman–Crippen LogP) is 1.81. The van der Waals surface area contributed by atoms with Crippen LogP contribution < -0.4 is 0 Å². The van der Waals surface area contributed by atoms with Gasteiger partial charge in [-0.25, -0.2) is 15.0 Å². The molecular weight excluding hydrogens is 320 g/mol. The van der Waals surface area contributed by atoms with Gasteiger partial charge in [-0.3, -0.25) is 9.89 Å². The lowest BCUT2D eigenvalue weighted by Gasteiger charge is -2.31. The molecule has 1 aliphatic carbocycles. The van der Waals surface area contributed by atoms with Crippen molar-refractivity contribution in [1.82, 2.24) is 30.0 Å². The lowest BCUT2D eigenvalue weighted by Crippen LogP contribution is -2.43. The van der Waals surface area contributed by atoms with Gasteiger partial charge in [0.1, 0.15) is 17.6 Å². The second-order valence-corrected chi connectivity index (χ2v) is 6.92. The number of hydrogen-bond acceptors (Lipinski definition) is 6. The molecular formula is C17H22N6O2. The molecule has 0 bridgehead atoms. The fourth-order valence-corrected chi connectivity index (χ4v) is 2.88. The van der Waals surface area contributed by atoms with Gasteiger partial charge in [0, 0.05) is 24.6 Å². The van der Waals surface area contributed by atoms with Crippen LogP contribution in [-0.2, 0) is 4.74 Å². The summed E-state index contributed by atoms with van der Waals surface area (Å²) in [6.07, 6.45) is 3.61. The summed E-state index contributed by atoms with van der Waals surface area (Å²) in [6, 6.07) is 1.68. The molecule has 1 saturated carbocycles. The summed E-state index contributed by atoms with van der Waals surface area (Å²) in [7, 11) is 0. The molecule has 2 aliphatic rings. The molecule has 2 aromatic heterocycles. The van der Waals surface area contributed by atoms with E-state index in [2.05, 4.69) is 25.1 Å². The Hall–Kier alpha value is -2.35. The molecule has 0 radical (unpaired) electrons. The molecule has 2 aromatic rings. The molecule has 3 heterocycles. The second-order valence-electron chi connectivity index (χ2n) is 6.92. The summed E-state index contributed by atoms with van der Waals surface area (Å²) in [5.74, 6) is 2.80. The minimum atomic E-state index is -0.289. The van der Waals surface area contributed by atoms with Crippen LogP contribution in [0.2, 0.25) is 0 Å². The van der Waals surface area contributed by atoms with Crippen molar-refractivity contribution in [2.24, 2.45) is 0 Å². The van der Waals surface area contributed by atoms with Crippen LogP contribution in [0.4, 0.5) is 0 Å². The van der Waals surface area contributed by atoms with E-state index in [4.69, 9.17) is 4.74 Å². The summed E-state index contributed by atoms with van der Waals surface area (Å²) in [6.45, 7) is 5.53. The van der Waals surface area contributed by atoms with Crippen LogP contribution in [0.1, 0.15) is 72.6 Å². The Labute approximate surface area is 146 Å². The van der Waals surface area contributed by atoms with Crippen LogP contribution in [0.3, 0.4) is 0 Å². The van der Waals surface area contributed by atoms with Crippen molar-refractivity contribution in [3.63, 3.8) is 0 Å². The molecule has 1 aliphatic heterocycles. The fourth-order valence-electron chi connectivity index (χ4n) is 2.88. The SMILES string of the molecule is CC(C)c1n[nH]c([C@H]2CN(C(=O)c3ccnc(C4CC4)n3)CCO2)n1. The van der Waals surface area contributed by atoms with Crippen LogP contribution in [0.15, 0.2) is 12.3 Å². The van der Waals surface area contributed by atoms with Gasteiger partial charge in [-0.2, -0.15) is 5.10 Å². The number of amides is 1. The molecule has 1 saturated heterocycles.